The minimum Gasteiger partial charge on any atom is -0.378 e. The van der Waals surface area contributed by atoms with Crippen LogP contribution in [0.25, 0.3) is 11.2 Å². The molecule has 0 saturated carbocycles. The molecule has 1 saturated heterocycles. The van der Waals surface area contributed by atoms with Gasteiger partial charge < -0.3 is 15.5 Å². The Morgan fingerprint density at radius 2 is 2.12 bits per heavy atom. The number of pyridine rings is 1. The van der Waals surface area contributed by atoms with Crippen molar-refractivity contribution in [3.63, 3.8) is 0 Å². The lowest BCUT2D eigenvalue weighted by atomic mass is 10.4. The van der Waals surface area contributed by atoms with Crippen LogP contribution in [0.15, 0.2) is 12.3 Å². The molecule has 0 aromatic carbocycles. The predicted octanol–water partition coefficient (Wildman–Crippen LogP) is 0.635. The molecule has 1 aliphatic rings. The molecule has 90 valence electrons. The van der Waals surface area contributed by atoms with Gasteiger partial charge in [-0.15, -0.1) is 0 Å². The summed E-state index contributed by atoms with van der Waals surface area (Å²) >= 11 is 5.88. The number of nitrogens with zero attached hydrogens (tertiary/aromatic N) is 4. The maximum atomic E-state index is 5.92. The third-order valence-corrected chi connectivity index (χ3v) is 2.94. The third kappa shape index (κ3) is 1.79. The van der Waals surface area contributed by atoms with Crippen molar-refractivity contribution in [2.75, 3.05) is 37.0 Å². The van der Waals surface area contributed by atoms with Gasteiger partial charge in [0, 0.05) is 6.20 Å². The molecule has 0 spiro atoms. The van der Waals surface area contributed by atoms with E-state index in [1.165, 1.54) is 0 Å². The summed E-state index contributed by atoms with van der Waals surface area (Å²) in [5.41, 5.74) is 7.36. The number of morpholine rings is 1. The molecule has 2 aromatic heterocycles. The van der Waals surface area contributed by atoms with Crippen molar-refractivity contribution < 1.29 is 4.74 Å². The van der Waals surface area contributed by atoms with Gasteiger partial charge in [-0.2, -0.15) is 0 Å². The first-order chi connectivity index (χ1) is 8.25. The van der Waals surface area contributed by atoms with Gasteiger partial charge in [-0.25, -0.2) is 14.6 Å². The van der Waals surface area contributed by atoms with Gasteiger partial charge >= 0.3 is 0 Å². The zero-order chi connectivity index (χ0) is 11.8. The Bertz CT molecular complexity index is 549. The predicted molar refractivity (Wildman–Crippen MR) is 65.7 cm³/mol. The highest BCUT2D eigenvalue weighted by Crippen LogP contribution is 2.19. The SMILES string of the molecule is Nc1nc2cc(Cl)cnc2n1N1CCOCC1. The highest BCUT2D eigenvalue weighted by molar-refractivity contribution is 6.31. The van der Waals surface area contributed by atoms with Gasteiger partial charge in [0.05, 0.1) is 31.3 Å². The van der Waals surface area contributed by atoms with E-state index in [4.69, 9.17) is 22.1 Å². The van der Waals surface area contributed by atoms with Gasteiger partial charge in [0.2, 0.25) is 5.95 Å². The summed E-state index contributed by atoms with van der Waals surface area (Å²) in [6.45, 7) is 2.93. The Hall–Kier alpha value is -1.53. The van der Waals surface area contributed by atoms with Crippen molar-refractivity contribution in [3.8, 4) is 0 Å². The fourth-order valence-corrected chi connectivity index (χ4v) is 2.13. The number of fused-ring (bicyclic) bond motifs is 1. The standard InChI is InChI=1S/C10H12ClN5O/c11-7-5-8-9(13-6-7)16(10(12)14-8)15-1-3-17-4-2-15/h5-6H,1-4H2,(H2,12,14). The van der Waals surface area contributed by atoms with Crippen LogP contribution in [0.1, 0.15) is 0 Å². The number of aromatic nitrogens is 3. The summed E-state index contributed by atoms with van der Waals surface area (Å²) in [6.07, 6.45) is 1.60. The van der Waals surface area contributed by atoms with Crippen molar-refractivity contribution in [1.82, 2.24) is 14.6 Å². The van der Waals surface area contributed by atoms with Crippen molar-refractivity contribution in [1.29, 1.82) is 0 Å². The van der Waals surface area contributed by atoms with Gasteiger partial charge in [0.1, 0.15) is 5.52 Å². The van der Waals surface area contributed by atoms with Crippen LogP contribution in [0.5, 0.6) is 0 Å². The maximum absolute atomic E-state index is 5.92. The van der Waals surface area contributed by atoms with Gasteiger partial charge in [0.15, 0.2) is 5.65 Å². The molecule has 0 bridgehead atoms. The van der Waals surface area contributed by atoms with E-state index < -0.39 is 0 Å². The first kappa shape index (κ1) is 10.6. The second kappa shape index (κ2) is 4.05. The zero-order valence-corrected chi connectivity index (χ0v) is 9.89. The summed E-state index contributed by atoms with van der Waals surface area (Å²) in [7, 11) is 0. The van der Waals surface area contributed by atoms with Crippen LogP contribution in [0.2, 0.25) is 5.02 Å². The molecule has 0 unspecified atom stereocenters. The van der Waals surface area contributed by atoms with Gasteiger partial charge in [-0.05, 0) is 6.07 Å². The van der Waals surface area contributed by atoms with Crippen LogP contribution in [-0.4, -0.2) is 40.9 Å². The number of ether oxygens (including phenoxy) is 1. The molecule has 1 aliphatic heterocycles. The number of imidazole rings is 1. The number of rotatable bonds is 1. The van der Waals surface area contributed by atoms with E-state index in [2.05, 4.69) is 15.0 Å². The number of halogens is 1. The lowest BCUT2D eigenvalue weighted by Gasteiger charge is -2.29. The average molecular weight is 254 g/mol. The Balaban J connectivity index is 2.11. The summed E-state index contributed by atoms with van der Waals surface area (Å²) in [4.78, 5) is 8.54. The first-order valence-corrected chi connectivity index (χ1v) is 5.76. The Morgan fingerprint density at radius 3 is 2.88 bits per heavy atom. The van der Waals surface area contributed by atoms with Crippen molar-refractivity contribution in [2.24, 2.45) is 0 Å². The molecule has 17 heavy (non-hydrogen) atoms. The van der Waals surface area contributed by atoms with Crippen LogP contribution in [0, 0.1) is 0 Å². The average Bonchev–Trinajstić information content (AvgIpc) is 2.65. The molecular weight excluding hydrogens is 242 g/mol. The topological polar surface area (TPSA) is 69.2 Å². The zero-order valence-electron chi connectivity index (χ0n) is 9.14. The normalized spacial score (nSPS) is 16.6. The molecule has 3 heterocycles. The third-order valence-electron chi connectivity index (χ3n) is 2.74. The molecule has 0 aliphatic carbocycles. The molecular formula is C10H12ClN5O. The maximum Gasteiger partial charge on any atom is 0.222 e. The van der Waals surface area contributed by atoms with Crippen molar-refractivity contribution >= 4 is 28.7 Å². The largest absolute Gasteiger partial charge is 0.378 e. The van der Waals surface area contributed by atoms with Crippen LogP contribution >= 0.6 is 11.6 Å². The van der Waals surface area contributed by atoms with E-state index in [-0.39, 0.29) is 0 Å². The first-order valence-electron chi connectivity index (χ1n) is 5.38. The molecule has 2 aromatic rings. The van der Waals surface area contributed by atoms with Crippen LogP contribution < -0.4 is 10.7 Å². The second-order valence-electron chi connectivity index (χ2n) is 3.84. The highest BCUT2D eigenvalue weighted by Gasteiger charge is 2.18. The fraction of sp³-hybridized carbons (Fsp3) is 0.400. The summed E-state index contributed by atoms with van der Waals surface area (Å²) in [6, 6.07) is 1.76. The van der Waals surface area contributed by atoms with Crippen LogP contribution in [0.3, 0.4) is 0 Å². The minimum atomic E-state index is 0.427. The van der Waals surface area contributed by atoms with Gasteiger partial charge in [-0.3, -0.25) is 0 Å². The van der Waals surface area contributed by atoms with Crippen LogP contribution in [-0.2, 0) is 4.74 Å². The Morgan fingerprint density at radius 1 is 1.35 bits per heavy atom. The highest BCUT2D eigenvalue weighted by atomic mass is 35.5. The lowest BCUT2D eigenvalue weighted by molar-refractivity contribution is 0.112. The van der Waals surface area contributed by atoms with E-state index in [0.29, 0.717) is 29.7 Å². The number of hydrogen-bond acceptors (Lipinski definition) is 5. The number of anilines is 1. The minimum absolute atomic E-state index is 0.427. The summed E-state index contributed by atoms with van der Waals surface area (Å²) in [5.74, 6) is 0.427. The Kier molecular flexibility index (Phi) is 2.53. The molecule has 7 heteroatoms. The second-order valence-corrected chi connectivity index (χ2v) is 4.28. The van der Waals surface area contributed by atoms with E-state index >= 15 is 0 Å². The van der Waals surface area contributed by atoms with E-state index in [1.54, 1.807) is 12.3 Å². The fourth-order valence-electron chi connectivity index (χ4n) is 1.98. The van der Waals surface area contributed by atoms with Crippen molar-refractivity contribution in [2.45, 2.75) is 0 Å². The van der Waals surface area contributed by atoms with E-state index in [1.807, 2.05) is 4.68 Å². The molecule has 0 atom stereocenters. The lowest BCUT2D eigenvalue weighted by Crippen LogP contribution is -2.44. The van der Waals surface area contributed by atoms with Gasteiger partial charge in [0.25, 0.3) is 0 Å². The molecule has 1 fully saturated rings. The quantitative estimate of drug-likeness (QED) is 0.808. The molecule has 3 rings (SSSR count). The summed E-state index contributed by atoms with van der Waals surface area (Å²) < 4.78 is 7.14. The monoisotopic (exact) mass is 253 g/mol. The summed E-state index contributed by atoms with van der Waals surface area (Å²) in [5, 5.41) is 2.64. The molecule has 0 radical (unpaired) electrons. The number of nitrogens with two attached hydrogens (primary N) is 1. The molecule has 2 N–H and O–H groups in total. The van der Waals surface area contributed by atoms with E-state index in [9.17, 15) is 0 Å². The molecule has 6 nitrogen and oxygen atoms in total. The number of hydrogen-bond donors (Lipinski definition) is 1. The van der Waals surface area contributed by atoms with Gasteiger partial charge in [-0.1, -0.05) is 11.6 Å². The smallest absolute Gasteiger partial charge is 0.222 e. The molecule has 0 amide bonds. The van der Waals surface area contributed by atoms with Crippen LogP contribution in [0.4, 0.5) is 5.95 Å². The Labute approximate surface area is 103 Å². The number of nitrogen functional groups attached to an aromatic ring is 1. The van der Waals surface area contributed by atoms with Crippen molar-refractivity contribution in [3.05, 3.63) is 17.3 Å². The van der Waals surface area contributed by atoms with E-state index in [0.717, 1.165) is 18.7 Å².